The van der Waals surface area contributed by atoms with E-state index in [0.29, 0.717) is 27.5 Å². The molecule has 5 aromatic rings. The molecular weight excluding hydrogens is 392 g/mol. The van der Waals surface area contributed by atoms with Crippen LogP contribution < -0.4 is 5.69 Å². The minimum absolute atomic E-state index is 0.115. The summed E-state index contributed by atoms with van der Waals surface area (Å²) in [5, 5.41) is 17.1. The lowest BCUT2D eigenvalue weighted by molar-refractivity contribution is 0.278. The van der Waals surface area contributed by atoms with Crippen molar-refractivity contribution in [2.45, 2.75) is 6.54 Å². The number of rotatable bonds is 4. The molecule has 152 valence electrons. The minimum Gasteiger partial charge on any atom is -0.395 e. The molecule has 3 aromatic heterocycles. The van der Waals surface area contributed by atoms with Crippen molar-refractivity contribution < 1.29 is 13.9 Å². The van der Waals surface area contributed by atoms with E-state index < -0.39 is 17.3 Å². The van der Waals surface area contributed by atoms with Crippen LogP contribution in [0.4, 0.5) is 8.78 Å². The number of halogens is 2. The summed E-state index contributed by atoms with van der Waals surface area (Å²) in [4.78, 5) is 12.7. The van der Waals surface area contributed by atoms with Crippen molar-refractivity contribution in [3.63, 3.8) is 0 Å². The maximum atomic E-state index is 14.0. The fourth-order valence-corrected chi connectivity index (χ4v) is 3.97. The Morgan fingerprint density at radius 1 is 1.03 bits per heavy atom. The smallest absolute Gasteiger partial charge is 0.348 e. The second-order valence-corrected chi connectivity index (χ2v) is 7.10. The number of hydrogen-bond acceptors (Lipinski definition) is 3. The van der Waals surface area contributed by atoms with E-state index in [-0.39, 0.29) is 19.0 Å². The molecule has 0 aliphatic carbocycles. The summed E-state index contributed by atoms with van der Waals surface area (Å²) in [6.45, 7) is 0.167. The maximum absolute atomic E-state index is 14.0. The van der Waals surface area contributed by atoms with Gasteiger partial charge in [-0.2, -0.15) is 5.10 Å². The molecule has 0 aliphatic rings. The molecule has 2 aromatic carbocycles. The van der Waals surface area contributed by atoms with E-state index in [9.17, 15) is 18.7 Å². The van der Waals surface area contributed by atoms with Gasteiger partial charge >= 0.3 is 5.69 Å². The lowest BCUT2D eigenvalue weighted by Gasteiger charge is -2.04. The number of aliphatic hydroxyl groups excluding tert-OH is 1. The van der Waals surface area contributed by atoms with Crippen LogP contribution in [0.5, 0.6) is 0 Å². The van der Waals surface area contributed by atoms with Gasteiger partial charge in [0.1, 0.15) is 11.6 Å². The van der Waals surface area contributed by atoms with Gasteiger partial charge in [-0.1, -0.05) is 0 Å². The Kier molecular flexibility index (Phi) is 4.07. The Bertz CT molecular complexity index is 1470. The van der Waals surface area contributed by atoms with Gasteiger partial charge in [0, 0.05) is 47.8 Å². The fraction of sp³-hybridized carbons (Fsp3) is 0.143. The number of aliphatic hydroxyl groups is 1. The summed E-state index contributed by atoms with van der Waals surface area (Å²) in [6.07, 6.45) is 3.44. The molecule has 0 saturated heterocycles. The van der Waals surface area contributed by atoms with Gasteiger partial charge in [0.25, 0.3) is 0 Å². The Labute approximate surface area is 168 Å². The summed E-state index contributed by atoms with van der Waals surface area (Å²) in [6, 6.07) is 8.68. The van der Waals surface area contributed by atoms with Crippen molar-refractivity contribution in [2.24, 2.45) is 7.05 Å². The number of benzene rings is 2. The molecule has 5 rings (SSSR count). The summed E-state index contributed by atoms with van der Waals surface area (Å²) in [5.41, 5.74) is 1.92. The van der Waals surface area contributed by atoms with Crippen molar-refractivity contribution in [3.8, 4) is 17.1 Å². The third-order valence-electron chi connectivity index (χ3n) is 5.27. The van der Waals surface area contributed by atoms with E-state index in [1.54, 1.807) is 29.1 Å². The van der Waals surface area contributed by atoms with Gasteiger partial charge in [-0.15, -0.1) is 0 Å². The van der Waals surface area contributed by atoms with Crippen molar-refractivity contribution in [1.82, 2.24) is 23.9 Å². The lowest BCUT2D eigenvalue weighted by Crippen LogP contribution is -2.15. The van der Waals surface area contributed by atoms with Crippen LogP contribution in [-0.4, -0.2) is 35.6 Å². The Hall–Kier alpha value is -3.72. The number of aromatic nitrogens is 5. The number of aryl methyl sites for hydroxylation is 1. The van der Waals surface area contributed by atoms with Crippen LogP contribution in [0.2, 0.25) is 0 Å². The van der Waals surface area contributed by atoms with E-state index in [1.165, 1.54) is 28.8 Å². The van der Waals surface area contributed by atoms with Gasteiger partial charge in [0.05, 0.1) is 17.8 Å². The normalized spacial score (nSPS) is 11.7. The Morgan fingerprint density at radius 3 is 2.47 bits per heavy atom. The molecule has 0 aliphatic heterocycles. The number of nitrogens with one attached hydrogen (secondary N) is 1. The van der Waals surface area contributed by atoms with Gasteiger partial charge in [-0.05, 0) is 36.4 Å². The predicted molar refractivity (Wildman–Crippen MR) is 109 cm³/mol. The highest BCUT2D eigenvalue weighted by molar-refractivity contribution is 5.96. The number of fused-ring (bicyclic) bond motifs is 2. The first kappa shape index (κ1) is 18.3. The minimum atomic E-state index is -0.509. The maximum Gasteiger partial charge on any atom is 0.348 e. The van der Waals surface area contributed by atoms with Crippen LogP contribution in [0.1, 0.15) is 0 Å². The zero-order valence-electron chi connectivity index (χ0n) is 15.9. The van der Waals surface area contributed by atoms with E-state index in [2.05, 4.69) is 10.2 Å². The molecule has 2 N–H and O–H groups in total. The fourth-order valence-electron chi connectivity index (χ4n) is 3.97. The number of nitrogens with zero attached hydrogens (tertiary/aromatic N) is 4. The first-order valence-corrected chi connectivity index (χ1v) is 9.30. The molecule has 0 spiro atoms. The molecule has 0 bridgehead atoms. The standard InChI is InChI=1S/C21H17F2N5O2/c1-26-10-16(14-8-12(22)2-4-17(14)26)20-24-25-21(30)28(20)19-11-27(6-7-29)18-5-3-13(23)9-15(18)19/h2-5,8-11,29H,6-7H2,1H3,(H,25,30). The molecule has 0 amide bonds. The van der Waals surface area contributed by atoms with Crippen molar-refractivity contribution in [2.75, 3.05) is 6.61 Å². The van der Waals surface area contributed by atoms with Crippen LogP contribution in [0.3, 0.4) is 0 Å². The third-order valence-corrected chi connectivity index (χ3v) is 5.27. The molecule has 7 nitrogen and oxygen atoms in total. The van der Waals surface area contributed by atoms with Crippen LogP contribution in [0.25, 0.3) is 38.9 Å². The summed E-state index contributed by atoms with van der Waals surface area (Å²) in [7, 11) is 1.82. The van der Waals surface area contributed by atoms with E-state index in [1.807, 2.05) is 11.6 Å². The second-order valence-electron chi connectivity index (χ2n) is 7.10. The largest absolute Gasteiger partial charge is 0.395 e. The summed E-state index contributed by atoms with van der Waals surface area (Å²) >= 11 is 0. The highest BCUT2D eigenvalue weighted by Gasteiger charge is 2.21. The van der Waals surface area contributed by atoms with Crippen molar-refractivity contribution in [1.29, 1.82) is 0 Å². The van der Waals surface area contributed by atoms with E-state index >= 15 is 0 Å². The van der Waals surface area contributed by atoms with E-state index in [0.717, 1.165) is 5.52 Å². The molecule has 3 heterocycles. The SMILES string of the molecule is Cn1cc(-c2n[nH]c(=O)n2-c2cn(CCO)c3ccc(F)cc23)c2cc(F)ccc21. The molecule has 0 radical (unpaired) electrons. The van der Waals surface area contributed by atoms with Crippen molar-refractivity contribution in [3.05, 3.63) is 70.9 Å². The van der Waals surface area contributed by atoms with Crippen LogP contribution >= 0.6 is 0 Å². The van der Waals surface area contributed by atoms with Gasteiger partial charge < -0.3 is 14.2 Å². The summed E-state index contributed by atoms with van der Waals surface area (Å²) in [5.74, 6) is -0.569. The first-order valence-electron chi connectivity index (χ1n) is 9.30. The molecule has 0 fully saturated rings. The van der Waals surface area contributed by atoms with Gasteiger partial charge in [0.15, 0.2) is 5.82 Å². The summed E-state index contributed by atoms with van der Waals surface area (Å²) < 4.78 is 32.9. The van der Waals surface area contributed by atoms with Gasteiger partial charge in [-0.3, -0.25) is 0 Å². The monoisotopic (exact) mass is 409 g/mol. The molecule has 0 saturated carbocycles. The molecular formula is C21H17F2N5O2. The Balaban J connectivity index is 1.83. The van der Waals surface area contributed by atoms with Crippen LogP contribution in [0.15, 0.2) is 53.6 Å². The predicted octanol–water partition coefficient (Wildman–Crippen LogP) is 2.94. The van der Waals surface area contributed by atoms with Crippen LogP contribution in [0, 0.1) is 11.6 Å². The quantitative estimate of drug-likeness (QED) is 0.479. The van der Waals surface area contributed by atoms with Crippen molar-refractivity contribution >= 4 is 21.8 Å². The zero-order chi connectivity index (χ0) is 21.0. The van der Waals surface area contributed by atoms with Crippen LogP contribution in [-0.2, 0) is 13.6 Å². The average Bonchev–Trinajstić information content (AvgIpc) is 3.35. The zero-order valence-corrected chi connectivity index (χ0v) is 15.9. The lowest BCUT2D eigenvalue weighted by atomic mass is 10.1. The van der Waals surface area contributed by atoms with Gasteiger partial charge in [0.2, 0.25) is 0 Å². The number of aromatic amines is 1. The second kappa shape index (κ2) is 6.67. The molecule has 30 heavy (non-hydrogen) atoms. The average molecular weight is 409 g/mol. The third kappa shape index (κ3) is 2.66. The van der Waals surface area contributed by atoms with Gasteiger partial charge in [-0.25, -0.2) is 23.2 Å². The first-order chi connectivity index (χ1) is 14.5. The molecule has 0 atom stereocenters. The molecule has 9 heteroatoms. The Morgan fingerprint density at radius 2 is 1.73 bits per heavy atom. The highest BCUT2D eigenvalue weighted by atomic mass is 19.1. The number of hydrogen-bond donors (Lipinski definition) is 2. The topological polar surface area (TPSA) is 80.8 Å². The number of H-pyrrole nitrogens is 1. The molecule has 0 unspecified atom stereocenters. The van der Waals surface area contributed by atoms with E-state index in [4.69, 9.17) is 0 Å². The highest BCUT2D eigenvalue weighted by Crippen LogP contribution is 2.32.